The van der Waals surface area contributed by atoms with E-state index in [4.69, 9.17) is 5.26 Å². The van der Waals surface area contributed by atoms with E-state index in [-0.39, 0.29) is 11.5 Å². The van der Waals surface area contributed by atoms with Crippen molar-refractivity contribution in [1.82, 2.24) is 0 Å². The summed E-state index contributed by atoms with van der Waals surface area (Å²) in [7, 11) is -3.28. The molecule has 0 heterocycles. The summed E-state index contributed by atoms with van der Waals surface area (Å²) in [4.78, 5) is 0. The van der Waals surface area contributed by atoms with Gasteiger partial charge in [0.15, 0.2) is 9.84 Å². The molecule has 0 spiro atoms. The van der Waals surface area contributed by atoms with E-state index >= 15 is 0 Å². The maximum Gasteiger partial charge on any atom is 0.158 e. The van der Waals surface area contributed by atoms with Crippen molar-refractivity contribution in [3.8, 4) is 6.07 Å². The Morgan fingerprint density at radius 1 is 0.826 bits per heavy atom. The molecule has 0 amide bonds. The van der Waals surface area contributed by atoms with Gasteiger partial charge in [-0.2, -0.15) is 5.26 Å². The standard InChI is InChI=1S/C19H15NO2S/c20-12-15-8-10-16(11-9-15)13-23(21,22)14-18-6-3-5-17-4-1-2-7-19(17)18/h1-11H,13-14H2. The Balaban J connectivity index is 1.86. The summed E-state index contributed by atoms with van der Waals surface area (Å²) < 4.78 is 25.0. The first-order chi connectivity index (χ1) is 11.1. The highest BCUT2D eigenvalue weighted by atomic mass is 32.2. The zero-order valence-corrected chi connectivity index (χ0v) is 13.3. The lowest BCUT2D eigenvalue weighted by Gasteiger charge is -2.08. The minimum atomic E-state index is -3.28. The first-order valence-electron chi connectivity index (χ1n) is 7.23. The van der Waals surface area contributed by atoms with Gasteiger partial charge in [0, 0.05) is 0 Å². The quantitative estimate of drug-likeness (QED) is 0.734. The molecule has 4 heteroatoms. The van der Waals surface area contributed by atoms with E-state index in [1.54, 1.807) is 24.3 Å². The Bertz CT molecular complexity index is 979. The number of hydrogen-bond donors (Lipinski definition) is 0. The minimum absolute atomic E-state index is 0.00829. The number of nitriles is 1. The fraction of sp³-hybridized carbons (Fsp3) is 0.105. The van der Waals surface area contributed by atoms with Crippen LogP contribution in [0.15, 0.2) is 66.7 Å². The van der Waals surface area contributed by atoms with Crippen molar-refractivity contribution < 1.29 is 8.42 Å². The van der Waals surface area contributed by atoms with Crippen LogP contribution >= 0.6 is 0 Å². The normalized spacial score (nSPS) is 11.3. The highest BCUT2D eigenvalue weighted by molar-refractivity contribution is 7.89. The van der Waals surface area contributed by atoms with Gasteiger partial charge in [0.2, 0.25) is 0 Å². The van der Waals surface area contributed by atoms with Crippen molar-refractivity contribution in [2.24, 2.45) is 0 Å². The van der Waals surface area contributed by atoms with E-state index in [0.717, 1.165) is 16.3 Å². The molecule has 0 aliphatic carbocycles. The van der Waals surface area contributed by atoms with E-state index in [1.807, 2.05) is 48.5 Å². The molecule has 0 aliphatic rings. The van der Waals surface area contributed by atoms with E-state index in [9.17, 15) is 8.42 Å². The summed E-state index contributed by atoms with van der Waals surface area (Å²) in [5, 5.41) is 10.8. The van der Waals surface area contributed by atoms with Gasteiger partial charge < -0.3 is 0 Å². The van der Waals surface area contributed by atoms with Crippen molar-refractivity contribution >= 4 is 20.6 Å². The lowest BCUT2D eigenvalue weighted by molar-refractivity contribution is 0.594. The molecule has 0 radical (unpaired) electrons. The molecule has 0 saturated carbocycles. The molecule has 3 nitrogen and oxygen atoms in total. The molecule has 0 atom stereocenters. The molecule has 114 valence electrons. The Kier molecular flexibility index (Phi) is 4.14. The molecule has 3 aromatic rings. The van der Waals surface area contributed by atoms with Crippen molar-refractivity contribution in [1.29, 1.82) is 5.26 Å². The smallest absolute Gasteiger partial charge is 0.158 e. The van der Waals surface area contributed by atoms with Crippen LogP contribution in [0.25, 0.3) is 10.8 Å². The van der Waals surface area contributed by atoms with E-state index in [1.165, 1.54) is 0 Å². The third-order valence-electron chi connectivity index (χ3n) is 3.72. The van der Waals surface area contributed by atoms with Gasteiger partial charge in [-0.25, -0.2) is 8.42 Å². The van der Waals surface area contributed by atoms with Crippen LogP contribution in [0.5, 0.6) is 0 Å². The summed E-state index contributed by atoms with van der Waals surface area (Å²) >= 11 is 0. The number of rotatable bonds is 4. The summed E-state index contributed by atoms with van der Waals surface area (Å²) in [6, 6.07) is 22.2. The summed E-state index contributed by atoms with van der Waals surface area (Å²) in [5.41, 5.74) is 2.04. The molecule has 0 fully saturated rings. The minimum Gasteiger partial charge on any atom is -0.228 e. The van der Waals surface area contributed by atoms with Crippen LogP contribution in [0, 0.1) is 11.3 Å². The van der Waals surface area contributed by atoms with Crippen molar-refractivity contribution in [3.63, 3.8) is 0 Å². The second kappa shape index (κ2) is 6.23. The molecule has 3 rings (SSSR count). The summed E-state index contributed by atoms with van der Waals surface area (Å²) in [5.74, 6) is -0.0176. The topological polar surface area (TPSA) is 57.9 Å². The lowest BCUT2D eigenvalue weighted by Crippen LogP contribution is -2.08. The Morgan fingerprint density at radius 2 is 1.52 bits per heavy atom. The highest BCUT2D eigenvalue weighted by Gasteiger charge is 2.15. The largest absolute Gasteiger partial charge is 0.228 e. The summed E-state index contributed by atoms with van der Waals surface area (Å²) in [6.07, 6.45) is 0. The average molecular weight is 321 g/mol. The number of benzene rings is 3. The maximum absolute atomic E-state index is 12.5. The van der Waals surface area contributed by atoms with Crippen LogP contribution in [-0.2, 0) is 21.3 Å². The molecular weight excluding hydrogens is 306 g/mol. The van der Waals surface area contributed by atoms with E-state index in [2.05, 4.69) is 0 Å². The van der Waals surface area contributed by atoms with Gasteiger partial charge in [-0.05, 0) is 34.0 Å². The number of nitrogens with zero attached hydrogens (tertiary/aromatic N) is 1. The van der Waals surface area contributed by atoms with Gasteiger partial charge in [0.25, 0.3) is 0 Å². The Labute approximate surface area is 135 Å². The fourth-order valence-corrected chi connectivity index (χ4v) is 4.16. The molecule has 23 heavy (non-hydrogen) atoms. The van der Waals surface area contributed by atoms with Crippen LogP contribution in [0.4, 0.5) is 0 Å². The molecule has 0 bridgehead atoms. The van der Waals surface area contributed by atoms with Gasteiger partial charge in [0.05, 0.1) is 23.1 Å². The third kappa shape index (κ3) is 3.58. The maximum atomic E-state index is 12.5. The van der Waals surface area contributed by atoms with Crippen LogP contribution < -0.4 is 0 Å². The monoisotopic (exact) mass is 321 g/mol. The molecule has 3 aromatic carbocycles. The fourth-order valence-electron chi connectivity index (χ4n) is 2.64. The molecule has 0 unspecified atom stereocenters. The van der Waals surface area contributed by atoms with Crippen molar-refractivity contribution in [3.05, 3.63) is 83.4 Å². The second-order valence-electron chi connectivity index (χ2n) is 5.48. The molecule has 0 aromatic heterocycles. The van der Waals surface area contributed by atoms with Crippen LogP contribution in [0.3, 0.4) is 0 Å². The van der Waals surface area contributed by atoms with Gasteiger partial charge in [-0.1, -0.05) is 54.6 Å². The molecular formula is C19H15NO2S. The highest BCUT2D eigenvalue weighted by Crippen LogP contribution is 2.22. The number of hydrogen-bond acceptors (Lipinski definition) is 3. The predicted molar refractivity (Wildman–Crippen MR) is 91.4 cm³/mol. The Hall–Kier alpha value is -2.64. The average Bonchev–Trinajstić information content (AvgIpc) is 2.55. The predicted octanol–water partition coefficient (Wildman–Crippen LogP) is 3.83. The zero-order valence-electron chi connectivity index (χ0n) is 12.4. The first kappa shape index (κ1) is 15.3. The van der Waals surface area contributed by atoms with Crippen LogP contribution in [-0.4, -0.2) is 8.42 Å². The van der Waals surface area contributed by atoms with E-state index < -0.39 is 9.84 Å². The van der Waals surface area contributed by atoms with Crippen LogP contribution in [0.1, 0.15) is 16.7 Å². The van der Waals surface area contributed by atoms with Crippen LogP contribution in [0.2, 0.25) is 0 Å². The van der Waals surface area contributed by atoms with Gasteiger partial charge in [0.1, 0.15) is 0 Å². The third-order valence-corrected chi connectivity index (χ3v) is 5.25. The van der Waals surface area contributed by atoms with E-state index in [0.29, 0.717) is 11.1 Å². The van der Waals surface area contributed by atoms with Gasteiger partial charge >= 0.3 is 0 Å². The van der Waals surface area contributed by atoms with Gasteiger partial charge in [-0.15, -0.1) is 0 Å². The number of fused-ring (bicyclic) bond motifs is 1. The van der Waals surface area contributed by atoms with Crippen molar-refractivity contribution in [2.45, 2.75) is 11.5 Å². The Morgan fingerprint density at radius 3 is 2.26 bits per heavy atom. The lowest BCUT2D eigenvalue weighted by atomic mass is 10.1. The number of sulfone groups is 1. The summed E-state index contributed by atoms with van der Waals surface area (Å²) in [6.45, 7) is 0. The molecule has 0 N–H and O–H groups in total. The molecule has 0 aliphatic heterocycles. The zero-order chi connectivity index (χ0) is 16.3. The van der Waals surface area contributed by atoms with Crippen molar-refractivity contribution in [2.75, 3.05) is 0 Å². The SMILES string of the molecule is N#Cc1ccc(CS(=O)(=O)Cc2cccc3ccccc23)cc1. The van der Waals surface area contributed by atoms with Gasteiger partial charge in [-0.3, -0.25) is 0 Å². The second-order valence-corrected chi connectivity index (χ2v) is 7.54. The first-order valence-corrected chi connectivity index (χ1v) is 9.06. The molecule has 0 saturated heterocycles.